The Balaban J connectivity index is 1.43. The van der Waals surface area contributed by atoms with Crippen LogP contribution in [-0.2, 0) is 7.05 Å². The Bertz CT molecular complexity index is 1070. The van der Waals surface area contributed by atoms with Crippen LogP contribution in [0, 0.1) is 0 Å². The molecule has 1 atom stereocenters. The molecule has 5 rings (SSSR count). The average molecular weight is 381 g/mol. The van der Waals surface area contributed by atoms with Crippen molar-refractivity contribution in [1.82, 2.24) is 34.5 Å². The van der Waals surface area contributed by atoms with Crippen molar-refractivity contribution in [1.29, 1.82) is 0 Å². The van der Waals surface area contributed by atoms with Crippen LogP contribution in [0.4, 0.5) is 0 Å². The van der Waals surface area contributed by atoms with Gasteiger partial charge in [0, 0.05) is 24.1 Å². The Kier molecular flexibility index (Phi) is 3.90. The largest absolute Gasteiger partial charge is 0.297 e. The predicted molar refractivity (Wildman–Crippen MR) is 102 cm³/mol. The van der Waals surface area contributed by atoms with Gasteiger partial charge < -0.3 is 0 Å². The van der Waals surface area contributed by atoms with E-state index in [4.69, 9.17) is 0 Å². The van der Waals surface area contributed by atoms with Crippen molar-refractivity contribution in [3.05, 3.63) is 42.9 Å². The summed E-state index contributed by atoms with van der Waals surface area (Å²) in [7, 11) is 1.90. The van der Waals surface area contributed by atoms with Crippen molar-refractivity contribution in [2.75, 3.05) is 11.5 Å². The van der Waals surface area contributed by atoms with Gasteiger partial charge in [-0.3, -0.25) is 9.25 Å². The molecule has 0 saturated heterocycles. The van der Waals surface area contributed by atoms with E-state index in [-0.39, 0.29) is 0 Å². The lowest BCUT2D eigenvalue weighted by Gasteiger charge is -2.14. The number of thioether (sulfide) groups is 2. The first-order valence-corrected chi connectivity index (χ1v) is 10.2. The Morgan fingerprint density at radius 1 is 1.19 bits per heavy atom. The standard InChI is InChI=1S/C17H15N7S2/c1-23-15-13(7-20-23)16(19-10-18-15)25-8-12-9-26-17-22-21-14(24(12)17)11-5-3-2-4-6-11/h2-7,10,12H,8-9H2,1H3. The van der Waals surface area contributed by atoms with E-state index < -0.39 is 0 Å². The third-order valence-corrected chi connectivity index (χ3v) is 6.61. The van der Waals surface area contributed by atoms with Gasteiger partial charge in [-0.2, -0.15) is 5.10 Å². The molecule has 0 N–H and O–H groups in total. The predicted octanol–water partition coefficient (Wildman–Crippen LogP) is 3.06. The van der Waals surface area contributed by atoms with Crippen molar-refractivity contribution in [3.8, 4) is 11.4 Å². The van der Waals surface area contributed by atoms with Gasteiger partial charge in [0.15, 0.2) is 16.6 Å². The summed E-state index contributed by atoms with van der Waals surface area (Å²) in [5.41, 5.74) is 1.96. The number of aryl methyl sites for hydroxylation is 1. The molecule has 1 aromatic carbocycles. The number of nitrogens with zero attached hydrogens (tertiary/aromatic N) is 7. The monoisotopic (exact) mass is 381 g/mol. The molecule has 1 unspecified atom stereocenters. The van der Waals surface area contributed by atoms with Crippen LogP contribution in [0.3, 0.4) is 0 Å². The van der Waals surface area contributed by atoms with Crippen molar-refractivity contribution in [3.63, 3.8) is 0 Å². The van der Waals surface area contributed by atoms with Crippen LogP contribution in [0.15, 0.2) is 53.0 Å². The third-order valence-electron chi connectivity index (χ3n) is 4.37. The second-order valence-electron chi connectivity index (χ2n) is 6.00. The number of hydrogen-bond donors (Lipinski definition) is 0. The molecule has 7 nitrogen and oxygen atoms in total. The molecule has 4 aromatic rings. The minimum atomic E-state index is 0.326. The van der Waals surface area contributed by atoms with Crippen molar-refractivity contribution < 1.29 is 0 Å². The summed E-state index contributed by atoms with van der Waals surface area (Å²) < 4.78 is 4.03. The minimum absolute atomic E-state index is 0.326. The van der Waals surface area contributed by atoms with E-state index in [2.05, 4.69) is 42.0 Å². The summed E-state index contributed by atoms with van der Waals surface area (Å²) in [4.78, 5) is 8.77. The highest BCUT2D eigenvalue weighted by molar-refractivity contribution is 8.00. The molecule has 1 aliphatic heterocycles. The van der Waals surface area contributed by atoms with E-state index in [9.17, 15) is 0 Å². The van der Waals surface area contributed by atoms with Crippen LogP contribution in [0.5, 0.6) is 0 Å². The third kappa shape index (κ3) is 2.58. The highest BCUT2D eigenvalue weighted by Crippen LogP contribution is 2.39. The lowest BCUT2D eigenvalue weighted by molar-refractivity contribution is 0.597. The normalized spacial score (nSPS) is 16.3. The zero-order chi connectivity index (χ0) is 17.5. The molecule has 3 aromatic heterocycles. The number of hydrogen-bond acceptors (Lipinski definition) is 7. The van der Waals surface area contributed by atoms with Crippen LogP contribution < -0.4 is 0 Å². The van der Waals surface area contributed by atoms with Crippen LogP contribution >= 0.6 is 23.5 Å². The van der Waals surface area contributed by atoms with Gasteiger partial charge in [0.05, 0.1) is 17.6 Å². The second kappa shape index (κ2) is 6.40. The highest BCUT2D eigenvalue weighted by Gasteiger charge is 2.28. The fraction of sp³-hybridized carbons (Fsp3) is 0.235. The molecular formula is C17H15N7S2. The molecule has 0 saturated carbocycles. The Labute approximate surface area is 158 Å². The lowest BCUT2D eigenvalue weighted by Crippen LogP contribution is -2.11. The molecule has 26 heavy (non-hydrogen) atoms. The summed E-state index contributed by atoms with van der Waals surface area (Å²) in [6, 6.07) is 10.6. The van der Waals surface area contributed by atoms with E-state index in [1.807, 2.05) is 31.4 Å². The summed E-state index contributed by atoms with van der Waals surface area (Å²) in [5.74, 6) is 2.84. The van der Waals surface area contributed by atoms with E-state index in [0.717, 1.165) is 44.1 Å². The first-order chi connectivity index (χ1) is 12.8. The van der Waals surface area contributed by atoms with Gasteiger partial charge in [-0.25, -0.2) is 9.97 Å². The minimum Gasteiger partial charge on any atom is -0.297 e. The van der Waals surface area contributed by atoms with Crippen LogP contribution in [0.25, 0.3) is 22.4 Å². The molecule has 0 radical (unpaired) electrons. The van der Waals surface area contributed by atoms with Crippen LogP contribution in [-0.4, -0.2) is 46.0 Å². The van der Waals surface area contributed by atoms with Gasteiger partial charge in [-0.05, 0) is 0 Å². The van der Waals surface area contributed by atoms with Gasteiger partial charge in [0.2, 0.25) is 0 Å². The number of aromatic nitrogens is 7. The molecule has 0 fully saturated rings. The molecule has 130 valence electrons. The summed E-state index contributed by atoms with van der Waals surface area (Å²) in [6.07, 6.45) is 3.44. The molecule has 0 amide bonds. The maximum Gasteiger partial charge on any atom is 0.191 e. The summed E-state index contributed by atoms with van der Waals surface area (Å²) in [5, 5.41) is 16.0. The maximum absolute atomic E-state index is 4.46. The Morgan fingerprint density at radius 3 is 2.96 bits per heavy atom. The Morgan fingerprint density at radius 2 is 2.08 bits per heavy atom. The molecule has 4 heterocycles. The van der Waals surface area contributed by atoms with Crippen LogP contribution in [0.1, 0.15) is 6.04 Å². The van der Waals surface area contributed by atoms with Crippen molar-refractivity contribution in [2.24, 2.45) is 7.05 Å². The molecule has 9 heteroatoms. The Hall–Kier alpha value is -2.39. The zero-order valence-corrected chi connectivity index (χ0v) is 15.6. The molecule has 0 aliphatic carbocycles. The quantitative estimate of drug-likeness (QED) is 0.397. The van der Waals surface area contributed by atoms with Crippen LogP contribution in [0.2, 0.25) is 0 Å². The van der Waals surface area contributed by atoms with Crippen molar-refractivity contribution in [2.45, 2.75) is 16.2 Å². The fourth-order valence-electron chi connectivity index (χ4n) is 3.09. The van der Waals surface area contributed by atoms with E-state index in [1.54, 1.807) is 34.5 Å². The molecule has 1 aliphatic rings. The first kappa shape index (κ1) is 15.8. The number of fused-ring (bicyclic) bond motifs is 2. The topological polar surface area (TPSA) is 74.3 Å². The highest BCUT2D eigenvalue weighted by atomic mass is 32.2. The number of benzene rings is 1. The lowest BCUT2D eigenvalue weighted by atomic mass is 10.2. The van der Waals surface area contributed by atoms with Gasteiger partial charge >= 0.3 is 0 Å². The van der Waals surface area contributed by atoms with Gasteiger partial charge in [-0.15, -0.1) is 22.0 Å². The SMILES string of the molecule is Cn1ncc2c(SCC3CSc4nnc(-c5ccccc5)n43)ncnc21. The summed E-state index contributed by atoms with van der Waals surface area (Å²) >= 11 is 3.50. The van der Waals surface area contributed by atoms with Gasteiger partial charge in [-0.1, -0.05) is 42.1 Å². The number of rotatable bonds is 4. The molecule has 0 bridgehead atoms. The second-order valence-corrected chi connectivity index (χ2v) is 8.00. The molecular weight excluding hydrogens is 366 g/mol. The maximum atomic E-state index is 4.46. The van der Waals surface area contributed by atoms with Crippen molar-refractivity contribution >= 4 is 34.6 Å². The van der Waals surface area contributed by atoms with Gasteiger partial charge in [0.1, 0.15) is 11.4 Å². The van der Waals surface area contributed by atoms with Gasteiger partial charge in [0.25, 0.3) is 0 Å². The van der Waals surface area contributed by atoms with E-state index in [0.29, 0.717) is 6.04 Å². The van der Waals surface area contributed by atoms with E-state index >= 15 is 0 Å². The molecule has 0 spiro atoms. The zero-order valence-electron chi connectivity index (χ0n) is 14.0. The first-order valence-electron chi connectivity index (χ1n) is 8.20. The summed E-state index contributed by atoms with van der Waals surface area (Å²) in [6.45, 7) is 0. The van der Waals surface area contributed by atoms with E-state index in [1.165, 1.54) is 0 Å². The smallest absolute Gasteiger partial charge is 0.191 e. The fourth-order valence-corrected chi connectivity index (χ4v) is 5.36. The average Bonchev–Trinajstić information content (AvgIpc) is 3.37.